The van der Waals surface area contributed by atoms with Crippen LogP contribution in [-0.2, 0) is 6.54 Å². The van der Waals surface area contributed by atoms with Crippen molar-refractivity contribution < 1.29 is 0 Å². The minimum atomic E-state index is 0.776. The summed E-state index contributed by atoms with van der Waals surface area (Å²) < 4.78 is 1.89. The van der Waals surface area contributed by atoms with Crippen molar-refractivity contribution in [3.8, 4) is 11.4 Å². The highest BCUT2D eigenvalue weighted by molar-refractivity contribution is 7.98. The minimum absolute atomic E-state index is 0.776. The molecule has 0 unspecified atom stereocenters. The maximum absolute atomic E-state index is 4.39. The Morgan fingerprint density at radius 2 is 2.20 bits per heavy atom. The summed E-state index contributed by atoms with van der Waals surface area (Å²) in [6, 6.07) is 3.85. The predicted octanol–water partition coefficient (Wildman–Crippen LogP) is 2.08. The molecule has 0 saturated carbocycles. The van der Waals surface area contributed by atoms with E-state index in [1.807, 2.05) is 29.3 Å². The van der Waals surface area contributed by atoms with Gasteiger partial charge in [-0.1, -0.05) is 11.8 Å². The normalized spacial score (nSPS) is 10.5. The second-order valence-electron chi connectivity index (χ2n) is 2.99. The van der Waals surface area contributed by atoms with Gasteiger partial charge in [0.15, 0.2) is 5.16 Å². The Kier molecular flexibility index (Phi) is 3.01. The summed E-state index contributed by atoms with van der Waals surface area (Å²) in [5, 5.41) is 5.17. The van der Waals surface area contributed by atoms with Crippen LogP contribution in [0.15, 0.2) is 29.7 Å². The van der Waals surface area contributed by atoms with Gasteiger partial charge in [0.1, 0.15) is 5.69 Å². The molecule has 0 fully saturated rings. The average Bonchev–Trinajstić information content (AvgIpc) is 2.78. The van der Waals surface area contributed by atoms with E-state index < -0.39 is 0 Å². The first-order chi connectivity index (χ1) is 7.33. The van der Waals surface area contributed by atoms with Crippen molar-refractivity contribution in [1.29, 1.82) is 0 Å². The van der Waals surface area contributed by atoms with Crippen molar-refractivity contribution in [3.05, 3.63) is 24.5 Å². The molecule has 0 saturated heterocycles. The molecule has 2 heterocycles. The molecular formula is C10H12N4S. The van der Waals surface area contributed by atoms with E-state index in [1.54, 1.807) is 6.20 Å². The van der Waals surface area contributed by atoms with Crippen LogP contribution < -0.4 is 0 Å². The third-order valence-corrected chi connectivity index (χ3v) is 2.60. The summed E-state index contributed by atoms with van der Waals surface area (Å²) in [6.07, 6.45) is 5.68. The van der Waals surface area contributed by atoms with E-state index in [1.165, 1.54) is 11.8 Å². The Bertz CT molecular complexity index is 452. The smallest absolute Gasteiger partial charge is 0.187 e. The van der Waals surface area contributed by atoms with Crippen LogP contribution in [0.2, 0.25) is 0 Å². The Hall–Kier alpha value is -1.36. The van der Waals surface area contributed by atoms with E-state index in [4.69, 9.17) is 0 Å². The standard InChI is InChI=1S/C10H12N4S/c1-3-14-7-5-9(13-14)8-4-6-11-10(12-8)15-2/h4-7H,3H2,1-2H3. The topological polar surface area (TPSA) is 43.6 Å². The number of aromatic nitrogens is 4. The van der Waals surface area contributed by atoms with Crippen LogP contribution in [0.3, 0.4) is 0 Å². The molecule has 78 valence electrons. The molecule has 0 radical (unpaired) electrons. The number of rotatable bonds is 3. The van der Waals surface area contributed by atoms with Crippen molar-refractivity contribution in [3.63, 3.8) is 0 Å². The van der Waals surface area contributed by atoms with Crippen molar-refractivity contribution in [1.82, 2.24) is 19.7 Å². The van der Waals surface area contributed by atoms with Crippen molar-refractivity contribution >= 4 is 11.8 Å². The van der Waals surface area contributed by atoms with Crippen LogP contribution in [0.5, 0.6) is 0 Å². The first-order valence-electron chi connectivity index (χ1n) is 4.74. The number of hydrogen-bond acceptors (Lipinski definition) is 4. The Balaban J connectivity index is 2.35. The van der Waals surface area contributed by atoms with Crippen LogP contribution in [0.1, 0.15) is 6.92 Å². The first kappa shape index (κ1) is 10.2. The molecule has 15 heavy (non-hydrogen) atoms. The number of nitrogens with zero attached hydrogens (tertiary/aromatic N) is 4. The Labute approximate surface area is 92.8 Å². The zero-order valence-corrected chi connectivity index (χ0v) is 9.53. The van der Waals surface area contributed by atoms with Crippen molar-refractivity contribution in [2.45, 2.75) is 18.6 Å². The van der Waals surface area contributed by atoms with E-state index in [2.05, 4.69) is 22.0 Å². The maximum Gasteiger partial charge on any atom is 0.187 e. The molecule has 0 amide bonds. The van der Waals surface area contributed by atoms with E-state index in [0.717, 1.165) is 23.1 Å². The van der Waals surface area contributed by atoms with E-state index in [9.17, 15) is 0 Å². The second kappa shape index (κ2) is 4.44. The van der Waals surface area contributed by atoms with Crippen LogP contribution >= 0.6 is 11.8 Å². The van der Waals surface area contributed by atoms with E-state index in [0.29, 0.717) is 0 Å². The molecule has 0 spiro atoms. The molecule has 0 aliphatic heterocycles. The van der Waals surface area contributed by atoms with Gasteiger partial charge in [-0.3, -0.25) is 4.68 Å². The predicted molar refractivity (Wildman–Crippen MR) is 60.7 cm³/mol. The fourth-order valence-corrected chi connectivity index (χ4v) is 1.61. The van der Waals surface area contributed by atoms with Gasteiger partial charge in [0.05, 0.1) is 5.69 Å². The molecule has 0 bridgehead atoms. The second-order valence-corrected chi connectivity index (χ2v) is 3.76. The van der Waals surface area contributed by atoms with Gasteiger partial charge >= 0.3 is 0 Å². The lowest BCUT2D eigenvalue weighted by atomic mass is 10.3. The van der Waals surface area contributed by atoms with Gasteiger partial charge in [-0.25, -0.2) is 9.97 Å². The lowest BCUT2D eigenvalue weighted by molar-refractivity contribution is 0.661. The third kappa shape index (κ3) is 2.18. The van der Waals surface area contributed by atoms with Gasteiger partial charge in [-0.15, -0.1) is 0 Å². The fraction of sp³-hybridized carbons (Fsp3) is 0.300. The summed E-state index contributed by atoms with van der Waals surface area (Å²) in [5.41, 5.74) is 1.77. The van der Waals surface area contributed by atoms with Crippen molar-refractivity contribution in [2.24, 2.45) is 0 Å². The third-order valence-electron chi connectivity index (χ3n) is 2.04. The molecule has 2 rings (SSSR count). The molecule has 2 aromatic rings. The summed E-state index contributed by atoms with van der Waals surface area (Å²) in [6.45, 7) is 2.94. The molecule has 0 N–H and O–H groups in total. The van der Waals surface area contributed by atoms with Gasteiger partial charge in [-0.2, -0.15) is 5.10 Å². The molecule has 0 aromatic carbocycles. The van der Waals surface area contributed by atoms with Crippen LogP contribution in [-0.4, -0.2) is 26.0 Å². The fourth-order valence-electron chi connectivity index (χ4n) is 1.26. The molecule has 0 aliphatic rings. The number of aryl methyl sites for hydroxylation is 1. The summed E-state index contributed by atoms with van der Waals surface area (Å²) in [7, 11) is 0. The van der Waals surface area contributed by atoms with E-state index >= 15 is 0 Å². The molecule has 4 nitrogen and oxygen atoms in total. The highest BCUT2D eigenvalue weighted by atomic mass is 32.2. The largest absolute Gasteiger partial charge is 0.272 e. The summed E-state index contributed by atoms with van der Waals surface area (Å²) in [5.74, 6) is 0. The molecular weight excluding hydrogens is 208 g/mol. The average molecular weight is 220 g/mol. The molecule has 5 heteroatoms. The molecule has 2 aromatic heterocycles. The zero-order chi connectivity index (χ0) is 10.7. The molecule has 0 aliphatic carbocycles. The van der Waals surface area contributed by atoms with Gasteiger partial charge in [-0.05, 0) is 25.3 Å². The van der Waals surface area contributed by atoms with Crippen LogP contribution in [0.25, 0.3) is 11.4 Å². The summed E-state index contributed by atoms with van der Waals surface area (Å²) in [4.78, 5) is 8.51. The monoisotopic (exact) mass is 220 g/mol. The van der Waals surface area contributed by atoms with Crippen LogP contribution in [0.4, 0.5) is 0 Å². The zero-order valence-electron chi connectivity index (χ0n) is 8.71. The highest BCUT2D eigenvalue weighted by Crippen LogP contribution is 2.16. The van der Waals surface area contributed by atoms with Gasteiger partial charge in [0, 0.05) is 18.9 Å². The number of hydrogen-bond donors (Lipinski definition) is 0. The van der Waals surface area contributed by atoms with Gasteiger partial charge in [0.2, 0.25) is 0 Å². The first-order valence-corrected chi connectivity index (χ1v) is 5.97. The maximum atomic E-state index is 4.39. The Morgan fingerprint density at radius 3 is 2.87 bits per heavy atom. The lowest BCUT2D eigenvalue weighted by Crippen LogP contribution is -1.95. The summed E-state index contributed by atoms with van der Waals surface area (Å²) >= 11 is 1.53. The Morgan fingerprint density at radius 1 is 1.33 bits per heavy atom. The number of thioether (sulfide) groups is 1. The SMILES string of the molecule is CCn1ccc(-c2ccnc(SC)n2)n1. The van der Waals surface area contributed by atoms with E-state index in [-0.39, 0.29) is 0 Å². The van der Waals surface area contributed by atoms with Crippen molar-refractivity contribution in [2.75, 3.05) is 6.26 Å². The van der Waals surface area contributed by atoms with Crippen LogP contribution in [0, 0.1) is 0 Å². The molecule has 0 atom stereocenters. The highest BCUT2D eigenvalue weighted by Gasteiger charge is 2.04. The van der Waals surface area contributed by atoms with Gasteiger partial charge < -0.3 is 0 Å². The minimum Gasteiger partial charge on any atom is -0.272 e. The van der Waals surface area contributed by atoms with Gasteiger partial charge in [0.25, 0.3) is 0 Å². The lowest BCUT2D eigenvalue weighted by Gasteiger charge is -1.98. The quantitative estimate of drug-likeness (QED) is 0.587.